The van der Waals surface area contributed by atoms with Crippen LogP contribution in [0, 0.1) is 5.92 Å². The summed E-state index contributed by atoms with van der Waals surface area (Å²) in [6.07, 6.45) is 1.11. The van der Waals surface area contributed by atoms with E-state index in [9.17, 15) is 18.0 Å². The van der Waals surface area contributed by atoms with E-state index >= 15 is 0 Å². The second-order valence-corrected chi connectivity index (χ2v) is 9.13. The Hall–Kier alpha value is -2.71. The molecule has 29 heavy (non-hydrogen) atoms. The number of carbonyl (C=O) groups is 2. The van der Waals surface area contributed by atoms with Crippen LogP contribution in [0.2, 0.25) is 0 Å². The standard InChI is InChI=1S/C21H25N3O4S/c1-23(29(27,28)19-10-6-3-7-11-19)16-20(25)24-14-12-17(13-15-24)21(26)22-18-8-4-2-5-9-18/h2-11,17H,12-16H2,1H3,(H,22,26). The van der Waals surface area contributed by atoms with Gasteiger partial charge in [0, 0.05) is 31.7 Å². The monoisotopic (exact) mass is 415 g/mol. The van der Waals surface area contributed by atoms with Crippen molar-refractivity contribution in [2.45, 2.75) is 17.7 Å². The second-order valence-electron chi connectivity index (χ2n) is 7.08. The van der Waals surface area contributed by atoms with Gasteiger partial charge in [0.25, 0.3) is 0 Å². The maximum absolute atomic E-state index is 12.6. The van der Waals surface area contributed by atoms with Gasteiger partial charge < -0.3 is 10.2 Å². The minimum absolute atomic E-state index is 0.0490. The summed E-state index contributed by atoms with van der Waals surface area (Å²) >= 11 is 0. The lowest BCUT2D eigenvalue weighted by Gasteiger charge is -2.32. The van der Waals surface area contributed by atoms with Gasteiger partial charge in [0.05, 0.1) is 11.4 Å². The van der Waals surface area contributed by atoms with Gasteiger partial charge in [-0.15, -0.1) is 0 Å². The van der Waals surface area contributed by atoms with Crippen LogP contribution < -0.4 is 5.32 Å². The van der Waals surface area contributed by atoms with Crippen molar-refractivity contribution in [2.75, 3.05) is 32.0 Å². The summed E-state index contributed by atoms with van der Waals surface area (Å²) in [7, 11) is -2.31. The van der Waals surface area contributed by atoms with Gasteiger partial charge in [-0.3, -0.25) is 9.59 Å². The molecule has 0 unspecified atom stereocenters. The molecule has 0 bridgehead atoms. The lowest BCUT2D eigenvalue weighted by atomic mass is 9.95. The summed E-state index contributed by atoms with van der Waals surface area (Å²) in [5.41, 5.74) is 0.753. The highest BCUT2D eigenvalue weighted by Crippen LogP contribution is 2.20. The van der Waals surface area contributed by atoms with E-state index in [1.165, 1.54) is 19.2 Å². The number of hydrogen-bond donors (Lipinski definition) is 1. The Balaban J connectivity index is 1.51. The molecule has 0 aromatic heterocycles. The van der Waals surface area contributed by atoms with Crippen molar-refractivity contribution in [3.05, 3.63) is 60.7 Å². The largest absolute Gasteiger partial charge is 0.342 e. The number of amides is 2. The summed E-state index contributed by atoms with van der Waals surface area (Å²) in [4.78, 5) is 26.8. The molecule has 2 aromatic rings. The molecule has 0 atom stereocenters. The van der Waals surface area contributed by atoms with Crippen LogP contribution in [0.3, 0.4) is 0 Å². The number of anilines is 1. The van der Waals surface area contributed by atoms with E-state index in [2.05, 4.69) is 5.32 Å². The zero-order valence-electron chi connectivity index (χ0n) is 16.3. The van der Waals surface area contributed by atoms with E-state index in [0.717, 1.165) is 9.99 Å². The molecule has 0 radical (unpaired) electrons. The van der Waals surface area contributed by atoms with Crippen LogP contribution in [0.25, 0.3) is 0 Å². The van der Waals surface area contributed by atoms with Crippen molar-refractivity contribution in [1.82, 2.24) is 9.21 Å². The molecule has 1 fully saturated rings. The number of likely N-dealkylation sites (tertiary alicyclic amines) is 1. The number of piperidine rings is 1. The van der Waals surface area contributed by atoms with Gasteiger partial charge in [-0.05, 0) is 37.1 Å². The van der Waals surface area contributed by atoms with Crippen molar-refractivity contribution >= 4 is 27.5 Å². The average molecular weight is 416 g/mol. The quantitative estimate of drug-likeness (QED) is 0.784. The van der Waals surface area contributed by atoms with E-state index < -0.39 is 10.0 Å². The van der Waals surface area contributed by atoms with Crippen LogP contribution in [0.1, 0.15) is 12.8 Å². The molecule has 1 aliphatic rings. The van der Waals surface area contributed by atoms with Crippen LogP contribution in [0.4, 0.5) is 5.69 Å². The fraction of sp³-hybridized carbons (Fsp3) is 0.333. The molecular formula is C21H25N3O4S. The first-order chi connectivity index (χ1) is 13.9. The molecule has 2 aromatic carbocycles. The van der Waals surface area contributed by atoms with Gasteiger partial charge in [-0.1, -0.05) is 36.4 Å². The van der Waals surface area contributed by atoms with Gasteiger partial charge in [-0.25, -0.2) is 8.42 Å². The normalized spacial score (nSPS) is 15.3. The Kier molecular flexibility index (Phi) is 6.66. The highest BCUT2D eigenvalue weighted by atomic mass is 32.2. The fourth-order valence-electron chi connectivity index (χ4n) is 3.30. The Morgan fingerprint density at radius 2 is 1.55 bits per heavy atom. The molecule has 2 amide bonds. The Bertz CT molecular complexity index is 940. The van der Waals surface area contributed by atoms with E-state index in [1.807, 2.05) is 30.3 Å². The predicted octanol–water partition coefficient (Wildman–Crippen LogP) is 2.18. The summed E-state index contributed by atoms with van der Waals surface area (Å²) in [5.74, 6) is -0.467. The average Bonchev–Trinajstić information content (AvgIpc) is 2.75. The van der Waals surface area contributed by atoms with Gasteiger partial charge in [0.15, 0.2) is 0 Å². The Morgan fingerprint density at radius 3 is 2.14 bits per heavy atom. The topological polar surface area (TPSA) is 86.8 Å². The van der Waals surface area contributed by atoms with Crippen molar-refractivity contribution in [1.29, 1.82) is 0 Å². The smallest absolute Gasteiger partial charge is 0.243 e. The van der Waals surface area contributed by atoms with Crippen molar-refractivity contribution in [3.8, 4) is 0 Å². The van der Waals surface area contributed by atoms with E-state index in [1.54, 1.807) is 23.1 Å². The molecular weight excluding hydrogens is 390 g/mol. The van der Waals surface area contributed by atoms with E-state index in [0.29, 0.717) is 25.9 Å². The lowest BCUT2D eigenvalue weighted by Crippen LogP contribution is -2.46. The van der Waals surface area contributed by atoms with E-state index in [-0.39, 0.29) is 29.2 Å². The Labute approximate surface area is 171 Å². The zero-order valence-corrected chi connectivity index (χ0v) is 17.1. The van der Waals surface area contributed by atoms with Crippen molar-refractivity contribution in [2.24, 2.45) is 5.92 Å². The van der Waals surface area contributed by atoms with Crippen LogP contribution >= 0.6 is 0 Å². The number of para-hydroxylation sites is 1. The third-order valence-electron chi connectivity index (χ3n) is 5.07. The number of carbonyl (C=O) groups excluding carboxylic acids is 2. The summed E-state index contributed by atoms with van der Waals surface area (Å²) < 4.78 is 26.2. The van der Waals surface area contributed by atoms with Gasteiger partial charge in [-0.2, -0.15) is 4.31 Å². The molecule has 8 heteroatoms. The lowest BCUT2D eigenvalue weighted by molar-refractivity contribution is -0.134. The molecule has 154 valence electrons. The molecule has 7 nitrogen and oxygen atoms in total. The summed E-state index contributed by atoms with van der Waals surface area (Å²) in [5, 5.41) is 2.90. The molecule has 3 rings (SSSR count). The predicted molar refractivity (Wildman–Crippen MR) is 111 cm³/mol. The molecule has 1 N–H and O–H groups in total. The maximum atomic E-state index is 12.6. The SMILES string of the molecule is CN(CC(=O)N1CCC(C(=O)Nc2ccccc2)CC1)S(=O)(=O)c1ccccc1. The second kappa shape index (κ2) is 9.19. The number of likely N-dealkylation sites (N-methyl/N-ethyl adjacent to an activating group) is 1. The first-order valence-electron chi connectivity index (χ1n) is 9.53. The van der Waals surface area contributed by atoms with Crippen LogP contribution in [-0.4, -0.2) is 56.1 Å². The number of benzene rings is 2. The van der Waals surface area contributed by atoms with Gasteiger partial charge in [0.1, 0.15) is 0 Å². The maximum Gasteiger partial charge on any atom is 0.243 e. The number of hydrogen-bond acceptors (Lipinski definition) is 4. The molecule has 1 heterocycles. The molecule has 1 saturated heterocycles. The first-order valence-corrected chi connectivity index (χ1v) is 11.0. The van der Waals surface area contributed by atoms with Crippen LogP contribution in [-0.2, 0) is 19.6 Å². The third kappa shape index (κ3) is 5.21. The highest BCUT2D eigenvalue weighted by molar-refractivity contribution is 7.89. The molecule has 0 aliphatic carbocycles. The number of rotatable bonds is 6. The van der Waals surface area contributed by atoms with Gasteiger partial charge >= 0.3 is 0 Å². The van der Waals surface area contributed by atoms with Crippen LogP contribution in [0.15, 0.2) is 65.6 Å². The van der Waals surface area contributed by atoms with Gasteiger partial charge in [0.2, 0.25) is 21.8 Å². The first kappa shape index (κ1) is 21.0. The highest BCUT2D eigenvalue weighted by Gasteiger charge is 2.30. The molecule has 0 spiro atoms. The van der Waals surface area contributed by atoms with E-state index in [4.69, 9.17) is 0 Å². The number of nitrogens with zero attached hydrogens (tertiary/aromatic N) is 2. The number of sulfonamides is 1. The summed E-state index contributed by atoms with van der Waals surface area (Å²) in [6, 6.07) is 17.3. The Morgan fingerprint density at radius 1 is 1.00 bits per heavy atom. The minimum Gasteiger partial charge on any atom is -0.342 e. The molecule has 0 saturated carbocycles. The molecule has 1 aliphatic heterocycles. The zero-order chi connectivity index (χ0) is 20.9. The summed E-state index contributed by atoms with van der Waals surface area (Å²) in [6.45, 7) is 0.647. The van der Waals surface area contributed by atoms with Crippen LogP contribution in [0.5, 0.6) is 0 Å². The third-order valence-corrected chi connectivity index (χ3v) is 6.89. The number of nitrogens with one attached hydrogen (secondary N) is 1. The minimum atomic E-state index is -3.71. The van der Waals surface area contributed by atoms with Crippen molar-refractivity contribution < 1.29 is 18.0 Å². The fourth-order valence-corrected chi connectivity index (χ4v) is 4.45. The van der Waals surface area contributed by atoms with Crippen molar-refractivity contribution in [3.63, 3.8) is 0 Å².